The van der Waals surface area contributed by atoms with Gasteiger partial charge in [0.15, 0.2) is 0 Å². The van der Waals surface area contributed by atoms with Gasteiger partial charge in [-0.25, -0.2) is 0 Å². The van der Waals surface area contributed by atoms with Crippen molar-refractivity contribution in [3.05, 3.63) is 34.9 Å². The number of halogens is 1. The third-order valence-electron chi connectivity index (χ3n) is 5.58. The third kappa shape index (κ3) is 5.70. The topological polar surface area (TPSA) is 35.6 Å². The molecule has 5 heteroatoms. The van der Waals surface area contributed by atoms with Gasteiger partial charge >= 0.3 is 0 Å². The molecule has 3 rings (SSSR count). The van der Waals surface area contributed by atoms with E-state index >= 15 is 0 Å². The highest BCUT2D eigenvalue weighted by molar-refractivity contribution is 6.30. The van der Waals surface area contributed by atoms with Crippen molar-refractivity contribution in [3.63, 3.8) is 0 Å². The number of amides is 1. The van der Waals surface area contributed by atoms with E-state index in [1.807, 2.05) is 24.3 Å². The summed E-state index contributed by atoms with van der Waals surface area (Å²) in [6.07, 6.45) is 6.13. The summed E-state index contributed by atoms with van der Waals surface area (Å²) in [5.41, 5.74) is 1.16. The molecule has 0 saturated carbocycles. The van der Waals surface area contributed by atoms with Gasteiger partial charge < -0.3 is 10.2 Å². The molecule has 4 nitrogen and oxygen atoms in total. The Morgan fingerprint density at radius 3 is 2.60 bits per heavy atom. The predicted octanol–water partition coefficient (Wildman–Crippen LogP) is 2.95. The molecule has 1 amide bonds. The molecule has 0 spiro atoms. The van der Waals surface area contributed by atoms with Crippen LogP contribution in [0.25, 0.3) is 0 Å². The number of nitrogens with one attached hydrogen (secondary N) is 1. The third-order valence-corrected chi connectivity index (χ3v) is 5.83. The lowest BCUT2D eigenvalue weighted by atomic mass is 9.98. The van der Waals surface area contributed by atoms with Crippen molar-refractivity contribution in [3.8, 4) is 0 Å². The molecule has 1 N–H and O–H groups in total. The molecule has 0 radical (unpaired) electrons. The molecule has 2 fully saturated rings. The zero-order valence-electron chi connectivity index (χ0n) is 15.2. The van der Waals surface area contributed by atoms with Gasteiger partial charge in [-0.15, -0.1) is 0 Å². The molecule has 1 aromatic rings. The first-order chi connectivity index (χ1) is 12.1. The second-order valence-electron chi connectivity index (χ2n) is 7.56. The number of rotatable bonds is 5. The summed E-state index contributed by atoms with van der Waals surface area (Å²) in [5, 5.41) is 4.00. The summed E-state index contributed by atoms with van der Waals surface area (Å²) in [4.78, 5) is 17.3. The van der Waals surface area contributed by atoms with Crippen molar-refractivity contribution in [2.75, 3.05) is 33.2 Å². The van der Waals surface area contributed by atoms with Crippen molar-refractivity contribution < 1.29 is 4.79 Å². The van der Waals surface area contributed by atoms with Crippen molar-refractivity contribution in [1.82, 2.24) is 15.1 Å². The largest absolute Gasteiger partial charge is 0.352 e. The molecule has 2 heterocycles. The van der Waals surface area contributed by atoms with E-state index < -0.39 is 0 Å². The summed E-state index contributed by atoms with van der Waals surface area (Å²) in [6, 6.07) is 8.78. The fraction of sp³-hybridized carbons (Fsp3) is 0.650. The van der Waals surface area contributed by atoms with Gasteiger partial charge in [-0.05, 0) is 76.5 Å². The maximum absolute atomic E-state index is 12.3. The number of carbonyl (C=O) groups is 1. The summed E-state index contributed by atoms with van der Waals surface area (Å²) < 4.78 is 0. The Kier molecular flexibility index (Phi) is 6.74. The van der Waals surface area contributed by atoms with Gasteiger partial charge in [0.25, 0.3) is 0 Å². The average Bonchev–Trinajstić information content (AvgIpc) is 2.62. The van der Waals surface area contributed by atoms with Crippen LogP contribution >= 0.6 is 11.6 Å². The van der Waals surface area contributed by atoms with Gasteiger partial charge in [0.05, 0.1) is 0 Å². The fourth-order valence-corrected chi connectivity index (χ4v) is 4.15. The van der Waals surface area contributed by atoms with Crippen molar-refractivity contribution >= 4 is 17.5 Å². The second kappa shape index (κ2) is 9.02. The Morgan fingerprint density at radius 2 is 1.88 bits per heavy atom. The number of benzene rings is 1. The minimum Gasteiger partial charge on any atom is -0.352 e. The minimum atomic E-state index is 0.171. The molecule has 1 aromatic carbocycles. The number of carbonyl (C=O) groups excluding carboxylic acids is 1. The Bertz CT molecular complexity index is 555. The Labute approximate surface area is 156 Å². The quantitative estimate of drug-likeness (QED) is 0.873. The number of piperidine rings is 2. The van der Waals surface area contributed by atoms with Crippen LogP contribution in [0.5, 0.6) is 0 Å². The molecule has 2 aliphatic heterocycles. The van der Waals surface area contributed by atoms with E-state index in [2.05, 4.69) is 22.2 Å². The van der Waals surface area contributed by atoms with Gasteiger partial charge in [0.1, 0.15) is 0 Å². The maximum Gasteiger partial charge on any atom is 0.220 e. The number of aryl methyl sites for hydroxylation is 1. The lowest BCUT2D eigenvalue weighted by Gasteiger charge is -2.41. The van der Waals surface area contributed by atoms with Crippen LogP contribution in [0, 0.1) is 0 Å². The number of likely N-dealkylation sites (tertiary alicyclic amines) is 2. The number of nitrogens with zero attached hydrogens (tertiary/aromatic N) is 2. The van der Waals surface area contributed by atoms with Crippen LogP contribution in [0.15, 0.2) is 24.3 Å². The predicted molar refractivity (Wildman–Crippen MR) is 103 cm³/mol. The molecule has 0 aromatic heterocycles. The van der Waals surface area contributed by atoms with Crippen LogP contribution in [0.4, 0.5) is 0 Å². The van der Waals surface area contributed by atoms with E-state index in [1.54, 1.807) is 0 Å². The lowest BCUT2D eigenvalue weighted by molar-refractivity contribution is -0.122. The number of hydrogen-bond donors (Lipinski definition) is 1. The van der Waals surface area contributed by atoms with E-state index in [0.29, 0.717) is 18.5 Å². The normalized spacial score (nSPS) is 23.5. The van der Waals surface area contributed by atoms with Crippen LogP contribution in [-0.2, 0) is 11.2 Å². The minimum absolute atomic E-state index is 0.171. The SMILES string of the molecule is CN1CCC(N2CCCC(NC(=O)CCc3ccc(Cl)cc3)C2)CC1. The average molecular weight is 364 g/mol. The van der Waals surface area contributed by atoms with E-state index in [9.17, 15) is 4.79 Å². The molecule has 0 aliphatic carbocycles. The monoisotopic (exact) mass is 363 g/mol. The Morgan fingerprint density at radius 1 is 1.16 bits per heavy atom. The molecule has 2 saturated heterocycles. The zero-order chi connectivity index (χ0) is 17.6. The first kappa shape index (κ1) is 18.7. The second-order valence-corrected chi connectivity index (χ2v) is 8.00. The van der Waals surface area contributed by atoms with Gasteiger partial charge in [0.2, 0.25) is 5.91 Å². The smallest absolute Gasteiger partial charge is 0.220 e. The molecule has 2 aliphatic rings. The standard InChI is InChI=1S/C20H30ClN3O/c1-23-13-10-19(11-14-23)24-12-2-3-18(15-24)22-20(25)9-6-16-4-7-17(21)8-5-16/h4-5,7-8,18-19H,2-3,6,9-15H2,1H3,(H,22,25). The highest BCUT2D eigenvalue weighted by atomic mass is 35.5. The van der Waals surface area contributed by atoms with Crippen molar-refractivity contribution in [1.29, 1.82) is 0 Å². The molecule has 138 valence electrons. The van der Waals surface area contributed by atoms with Crippen LogP contribution in [0.3, 0.4) is 0 Å². The van der Waals surface area contributed by atoms with Crippen LogP contribution in [0.1, 0.15) is 37.7 Å². The zero-order valence-corrected chi connectivity index (χ0v) is 16.0. The molecule has 25 heavy (non-hydrogen) atoms. The van der Waals surface area contributed by atoms with Crippen LogP contribution < -0.4 is 5.32 Å². The molecular weight excluding hydrogens is 334 g/mol. The highest BCUT2D eigenvalue weighted by Gasteiger charge is 2.28. The van der Waals surface area contributed by atoms with E-state index in [-0.39, 0.29) is 5.91 Å². The molecule has 1 atom stereocenters. The van der Waals surface area contributed by atoms with E-state index in [0.717, 1.165) is 30.0 Å². The van der Waals surface area contributed by atoms with E-state index in [4.69, 9.17) is 11.6 Å². The summed E-state index contributed by atoms with van der Waals surface area (Å²) in [5.74, 6) is 0.171. The molecule has 0 bridgehead atoms. The van der Waals surface area contributed by atoms with Gasteiger partial charge in [-0.3, -0.25) is 9.69 Å². The van der Waals surface area contributed by atoms with Crippen molar-refractivity contribution in [2.24, 2.45) is 0 Å². The van der Waals surface area contributed by atoms with Gasteiger partial charge in [-0.1, -0.05) is 23.7 Å². The van der Waals surface area contributed by atoms with Gasteiger partial charge in [0, 0.05) is 30.1 Å². The van der Waals surface area contributed by atoms with Crippen molar-refractivity contribution in [2.45, 2.75) is 50.6 Å². The summed E-state index contributed by atoms with van der Waals surface area (Å²) in [7, 11) is 2.20. The fourth-order valence-electron chi connectivity index (χ4n) is 4.02. The first-order valence-electron chi connectivity index (χ1n) is 9.56. The highest BCUT2D eigenvalue weighted by Crippen LogP contribution is 2.20. The van der Waals surface area contributed by atoms with Gasteiger partial charge in [-0.2, -0.15) is 0 Å². The molecule has 1 unspecified atom stereocenters. The number of hydrogen-bond acceptors (Lipinski definition) is 3. The Hall–Kier alpha value is -1.10. The van der Waals surface area contributed by atoms with E-state index in [1.165, 1.54) is 38.9 Å². The maximum atomic E-state index is 12.3. The molecular formula is C20H30ClN3O. The van der Waals surface area contributed by atoms with Crippen LogP contribution in [-0.4, -0.2) is 61.0 Å². The summed E-state index contributed by atoms with van der Waals surface area (Å²) in [6.45, 7) is 4.59. The summed E-state index contributed by atoms with van der Waals surface area (Å²) >= 11 is 5.90. The Balaban J connectivity index is 1.42. The van der Waals surface area contributed by atoms with Crippen LogP contribution in [0.2, 0.25) is 5.02 Å². The first-order valence-corrected chi connectivity index (χ1v) is 9.94. The lowest BCUT2D eigenvalue weighted by Crippen LogP contribution is -2.53.